The van der Waals surface area contributed by atoms with Gasteiger partial charge in [0.25, 0.3) is 0 Å². The van der Waals surface area contributed by atoms with Crippen LogP contribution in [0.3, 0.4) is 0 Å². The lowest BCUT2D eigenvalue weighted by Crippen LogP contribution is -2.25. The van der Waals surface area contributed by atoms with Crippen LogP contribution in [-0.2, 0) is 14.8 Å². The Morgan fingerprint density at radius 1 is 1.09 bits per heavy atom. The van der Waals surface area contributed by atoms with Gasteiger partial charge in [0.15, 0.2) is 0 Å². The summed E-state index contributed by atoms with van der Waals surface area (Å²) in [5.41, 5.74) is 1.10. The van der Waals surface area contributed by atoms with Crippen molar-refractivity contribution in [1.82, 2.24) is 0 Å². The standard InChI is InChI=1S/C15H14BrNO4S/c1-21-15(18)11-8-12(16)10-14(9-11)17(22(2,19)20)13-6-4-3-5-7-13/h3-10H,1-2H3. The molecule has 0 heterocycles. The van der Waals surface area contributed by atoms with E-state index in [0.717, 1.165) is 6.26 Å². The Kier molecular flexibility index (Phi) is 4.87. The molecule has 22 heavy (non-hydrogen) atoms. The number of carbonyl (C=O) groups is 1. The molecule has 0 N–H and O–H groups in total. The highest BCUT2D eigenvalue weighted by atomic mass is 79.9. The Hall–Kier alpha value is -1.86. The first-order valence-corrected chi connectivity index (χ1v) is 8.91. The number of anilines is 2. The summed E-state index contributed by atoms with van der Waals surface area (Å²) in [6.07, 6.45) is 1.11. The fourth-order valence-corrected chi connectivity index (χ4v) is 3.50. The third-order valence-corrected chi connectivity index (χ3v) is 4.40. The molecule has 0 bridgehead atoms. The molecule has 0 spiro atoms. The van der Waals surface area contributed by atoms with E-state index in [9.17, 15) is 13.2 Å². The van der Waals surface area contributed by atoms with E-state index < -0.39 is 16.0 Å². The van der Waals surface area contributed by atoms with Gasteiger partial charge in [-0.25, -0.2) is 17.5 Å². The van der Waals surface area contributed by atoms with Crippen LogP contribution >= 0.6 is 15.9 Å². The second-order valence-electron chi connectivity index (χ2n) is 4.55. The molecule has 0 fully saturated rings. The molecule has 0 atom stereocenters. The van der Waals surface area contributed by atoms with Gasteiger partial charge in [0.05, 0.1) is 30.3 Å². The molecule has 0 aliphatic heterocycles. The lowest BCUT2D eigenvalue weighted by molar-refractivity contribution is 0.0600. The number of esters is 1. The van der Waals surface area contributed by atoms with Gasteiger partial charge >= 0.3 is 5.97 Å². The first-order chi connectivity index (χ1) is 10.3. The number of para-hydroxylation sites is 1. The van der Waals surface area contributed by atoms with E-state index in [-0.39, 0.29) is 5.56 Å². The van der Waals surface area contributed by atoms with E-state index in [1.165, 1.54) is 17.5 Å². The van der Waals surface area contributed by atoms with E-state index >= 15 is 0 Å². The molecule has 5 nitrogen and oxygen atoms in total. The van der Waals surface area contributed by atoms with Gasteiger partial charge in [-0.3, -0.25) is 0 Å². The second kappa shape index (κ2) is 6.50. The van der Waals surface area contributed by atoms with Crippen molar-refractivity contribution in [2.45, 2.75) is 0 Å². The smallest absolute Gasteiger partial charge is 0.337 e. The van der Waals surface area contributed by atoms with Crippen LogP contribution in [0.1, 0.15) is 10.4 Å². The summed E-state index contributed by atoms with van der Waals surface area (Å²) in [7, 11) is -2.30. The highest BCUT2D eigenvalue weighted by Crippen LogP contribution is 2.31. The molecule has 0 radical (unpaired) electrons. The van der Waals surface area contributed by atoms with Gasteiger partial charge < -0.3 is 4.74 Å². The minimum absolute atomic E-state index is 0.261. The van der Waals surface area contributed by atoms with Crippen molar-refractivity contribution in [1.29, 1.82) is 0 Å². The number of nitrogens with zero attached hydrogens (tertiary/aromatic N) is 1. The summed E-state index contributed by atoms with van der Waals surface area (Å²) >= 11 is 3.29. The largest absolute Gasteiger partial charge is 0.465 e. The van der Waals surface area contributed by atoms with Gasteiger partial charge in [0.1, 0.15) is 0 Å². The van der Waals surface area contributed by atoms with Crippen LogP contribution in [0.15, 0.2) is 53.0 Å². The number of hydrogen-bond donors (Lipinski definition) is 0. The van der Waals surface area contributed by atoms with Crippen molar-refractivity contribution in [2.75, 3.05) is 17.7 Å². The van der Waals surface area contributed by atoms with E-state index in [4.69, 9.17) is 0 Å². The second-order valence-corrected chi connectivity index (χ2v) is 7.30. The molecule has 0 saturated heterocycles. The third-order valence-electron chi connectivity index (χ3n) is 2.86. The molecular formula is C15H14BrNO4S. The van der Waals surface area contributed by atoms with Crippen molar-refractivity contribution in [3.8, 4) is 0 Å². The molecule has 0 aliphatic rings. The Labute approximate surface area is 137 Å². The minimum atomic E-state index is -3.58. The van der Waals surface area contributed by atoms with E-state index in [1.54, 1.807) is 42.5 Å². The molecule has 0 saturated carbocycles. The number of ether oxygens (including phenoxy) is 1. The SMILES string of the molecule is COC(=O)c1cc(Br)cc(N(c2ccccc2)S(C)(=O)=O)c1. The van der Waals surface area contributed by atoms with Gasteiger partial charge in [0.2, 0.25) is 10.0 Å². The van der Waals surface area contributed by atoms with Gasteiger partial charge in [-0.1, -0.05) is 34.1 Å². The molecule has 2 aromatic rings. The van der Waals surface area contributed by atoms with E-state index in [1.807, 2.05) is 0 Å². The fraction of sp³-hybridized carbons (Fsp3) is 0.133. The summed E-state index contributed by atoms with van der Waals surface area (Å²) in [5.74, 6) is -0.538. The Morgan fingerprint density at radius 2 is 1.73 bits per heavy atom. The summed E-state index contributed by atoms with van der Waals surface area (Å²) in [6, 6.07) is 13.3. The van der Waals surface area contributed by atoms with Crippen molar-refractivity contribution in [2.24, 2.45) is 0 Å². The first kappa shape index (κ1) is 16.5. The van der Waals surface area contributed by atoms with Gasteiger partial charge in [-0.2, -0.15) is 0 Å². The molecule has 2 aromatic carbocycles. The maximum Gasteiger partial charge on any atom is 0.337 e. The predicted molar refractivity (Wildman–Crippen MR) is 88.9 cm³/mol. The van der Waals surface area contributed by atoms with Crippen LogP contribution in [0.25, 0.3) is 0 Å². The van der Waals surface area contributed by atoms with Crippen molar-refractivity contribution >= 4 is 43.3 Å². The fourth-order valence-electron chi connectivity index (χ4n) is 2.02. The maximum atomic E-state index is 12.2. The molecule has 0 aliphatic carbocycles. The van der Waals surface area contributed by atoms with E-state index in [0.29, 0.717) is 15.8 Å². The van der Waals surface area contributed by atoms with Crippen LogP contribution < -0.4 is 4.31 Å². The third kappa shape index (κ3) is 3.66. The molecule has 0 aromatic heterocycles. The van der Waals surface area contributed by atoms with Crippen LogP contribution in [0.2, 0.25) is 0 Å². The number of sulfonamides is 1. The van der Waals surface area contributed by atoms with Crippen LogP contribution in [0.5, 0.6) is 0 Å². The number of halogens is 1. The minimum Gasteiger partial charge on any atom is -0.465 e. The van der Waals surface area contributed by atoms with Crippen molar-refractivity contribution in [3.63, 3.8) is 0 Å². The quantitative estimate of drug-likeness (QED) is 0.759. The number of methoxy groups -OCH3 is 1. The molecule has 0 unspecified atom stereocenters. The zero-order valence-electron chi connectivity index (χ0n) is 12.0. The summed E-state index contributed by atoms with van der Waals surface area (Å²) in [4.78, 5) is 11.7. The zero-order chi connectivity index (χ0) is 16.3. The highest BCUT2D eigenvalue weighted by Gasteiger charge is 2.21. The Morgan fingerprint density at radius 3 is 2.27 bits per heavy atom. The molecule has 7 heteroatoms. The van der Waals surface area contributed by atoms with Gasteiger partial charge in [-0.05, 0) is 30.3 Å². The average Bonchev–Trinajstić information content (AvgIpc) is 2.45. The van der Waals surface area contributed by atoms with Gasteiger partial charge in [0, 0.05) is 4.47 Å². The molecular weight excluding hydrogens is 370 g/mol. The lowest BCUT2D eigenvalue weighted by Gasteiger charge is -2.23. The summed E-state index contributed by atoms with van der Waals surface area (Å²) in [5, 5.41) is 0. The zero-order valence-corrected chi connectivity index (χ0v) is 14.4. The van der Waals surface area contributed by atoms with Crippen LogP contribution in [-0.4, -0.2) is 27.8 Å². The normalized spacial score (nSPS) is 11.0. The first-order valence-electron chi connectivity index (χ1n) is 6.27. The average molecular weight is 384 g/mol. The topological polar surface area (TPSA) is 63.7 Å². The van der Waals surface area contributed by atoms with Crippen molar-refractivity contribution in [3.05, 3.63) is 58.6 Å². The highest BCUT2D eigenvalue weighted by molar-refractivity contribution is 9.10. The predicted octanol–water partition coefficient (Wildman–Crippen LogP) is 3.33. The molecule has 116 valence electrons. The van der Waals surface area contributed by atoms with E-state index in [2.05, 4.69) is 20.7 Å². The summed E-state index contributed by atoms with van der Waals surface area (Å²) < 4.78 is 30.8. The lowest BCUT2D eigenvalue weighted by atomic mass is 10.2. The Balaban J connectivity index is 2.64. The maximum absolute atomic E-state index is 12.2. The van der Waals surface area contributed by atoms with Crippen molar-refractivity contribution < 1.29 is 17.9 Å². The monoisotopic (exact) mass is 383 g/mol. The number of hydrogen-bond acceptors (Lipinski definition) is 4. The Bertz CT molecular complexity index is 790. The number of carbonyl (C=O) groups excluding carboxylic acids is 1. The molecule has 0 amide bonds. The molecule has 2 rings (SSSR count). The van der Waals surface area contributed by atoms with Crippen LogP contribution in [0, 0.1) is 0 Å². The number of rotatable bonds is 4. The van der Waals surface area contributed by atoms with Gasteiger partial charge in [-0.15, -0.1) is 0 Å². The summed E-state index contributed by atoms with van der Waals surface area (Å²) in [6.45, 7) is 0. The van der Waals surface area contributed by atoms with Crippen LogP contribution in [0.4, 0.5) is 11.4 Å². The number of benzene rings is 2.